The molecule has 1 aliphatic heterocycles. The highest BCUT2D eigenvalue weighted by atomic mass is 35.5. The number of carbonyl (C=O) groups excluding carboxylic acids is 1. The Labute approximate surface area is 227 Å². The molecule has 0 aliphatic carbocycles. The first-order chi connectivity index (χ1) is 17.8. The van der Waals surface area contributed by atoms with E-state index in [1.54, 1.807) is 36.4 Å². The second-order valence-electron chi connectivity index (χ2n) is 9.70. The monoisotopic (exact) mass is 565 g/mol. The van der Waals surface area contributed by atoms with Crippen LogP contribution in [0.3, 0.4) is 0 Å². The molecule has 6 nitrogen and oxygen atoms in total. The van der Waals surface area contributed by atoms with Crippen molar-refractivity contribution in [3.05, 3.63) is 81.3 Å². The van der Waals surface area contributed by atoms with Crippen molar-refractivity contribution in [1.82, 2.24) is 5.32 Å². The van der Waals surface area contributed by atoms with Gasteiger partial charge in [0.1, 0.15) is 5.60 Å². The lowest BCUT2D eigenvalue weighted by Gasteiger charge is -2.29. The molecule has 200 valence electrons. The van der Waals surface area contributed by atoms with Crippen LogP contribution < -0.4 is 5.32 Å². The number of hydrogen-bond acceptors (Lipinski definition) is 5. The molecule has 0 bridgehead atoms. The molecule has 3 aromatic rings. The number of benzene rings is 3. The van der Waals surface area contributed by atoms with E-state index in [2.05, 4.69) is 15.6 Å². The average molecular weight is 566 g/mol. The lowest BCUT2D eigenvalue weighted by atomic mass is 9.85. The summed E-state index contributed by atoms with van der Waals surface area (Å²) in [5.74, 6) is -0.377. The van der Waals surface area contributed by atoms with E-state index in [4.69, 9.17) is 32.9 Å². The smallest absolute Gasteiger partial charge is 0.390 e. The van der Waals surface area contributed by atoms with E-state index in [1.165, 1.54) is 24.4 Å². The quantitative estimate of drug-likeness (QED) is 0.252. The van der Waals surface area contributed by atoms with Gasteiger partial charge in [-0.15, -0.1) is 0 Å². The number of nitrogens with one attached hydrogen (secondary N) is 1. The van der Waals surface area contributed by atoms with Gasteiger partial charge >= 0.3 is 6.18 Å². The van der Waals surface area contributed by atoms with Crippen LogP contribution in [0.15, 0.2) is 64.9 Å². The number of carbonyl (C=O) groups is 1. The second kappa shape index (κ2) is 10.5. The van der Waals surface area contributed by atoms with E-state index in [9.17, 15) is 18.0 Å². The van der Waals surface area contributed by atoms with Crippen molar-refractivity contribution in [2.75, 3.05) is 6.54 Å². The maximum absolute atomic E-state index is 14.4. The Balaban J connectivity index is 1.64. The zero-order chi connectivity index (χ0) is 27.7. The number of alkyl halides is 3. The highest BCUT2D eigenvalue weighted by molar-refractivity contribution is 6.34. The Morgan fingerprint density at radius 3 is 2.39 bits per heavy atom. The highest BCUT2D eigenvalue weighted by Crippen LogP contribution is 2.50. The van der Waals surface area contributed by atoms with E-state index < -0.39 is 23.8 Å². The first-order valence-corrected chi connectivity index (χ1v) is 12.3. The number of nitrogens with zero attached hydrogens (tertiary/aromatic N) is 2. The molecule has 1 unspecified atom stereocenters. The summed E-state index contributed by atoms with van der Waals surface area (Å²) in [5.41, 5.74) is -2.63. The van der Waals surface area contributed by atoms with Crippen molar-refractivity contribution < 1.29 is 27.6 Å². The third kappa shape index (κ3) is 5.73. The largest absolute Gasteiger partial charge is 0.435 e. The molecule has 0 fully saturated rings. The first-order valence-electron chi connectivity index (χ1n) is 11.6. The van der Waals surface area contributed by atoms with Crippen molar-refractivity contribution >= 4 is 51.8 Å². The van der Waals surface area contributed by atoms with Gasteiger partial charge in [0.05, 0.1) is 18.5 Å². The van der Waals surface area contributed by atoms with Gasteiger partial charge in [-0.05, 0) is 55.8 Å². The van der Waals surface area contributed by atoms with Crippen LogP contribution >= 0.6 is 23.2 Å². The summed E-state index contributed by atoms with van der Waals surface area (Å²) in [6.07, 6.45) is -3.99. The van der Waals surface area contributed by atoms with Gasteiger partial charge in [0.2, 0.25) is 0 Å². The molecule has 0 saturated heterocycles. The van der Waals surface area contributed by atoms with Crippen LogP contribution in [0.2, 0.25) is 10.0 Å². The molecule has 3 aromatic carbocycles. The minimum Gasteiger partial charge on any atom is -0.390 e. The average Bonchev–Trinajstić information content (AvgIpc) is 3.28. The summed E-state index contributed by atoms with van der Waals surface area (Å²) < 4.78 is 43.3. The zero-order valence-electron chi connectivity index (χ0n) is 20.7. The standard InChI is InChI=1S/C27H24Cl2F3N3O3/c1-25(2,3)37-34-11-10-33-24(36)22-9-8-21(19-6-4-5-7-20(19)22)23-15-26(38-35-23,27(30,31)32)16-12-17(28)14-18(29)13-16/h4-9,11-14H,10,15H2,1-3H3,(H,33,36). The van der Waals surface area contributed by atoms with Crippen LogP contribution in [-0.4, -0.2) is 36.2 Å². The van der Waals surface area contributed by atoms with Crippen molar-refractivity contribution in [2.24, 2.45) is 10.3 Å². The summed E-state index contributed by atoms with van der Waals surface area (Å²) in [6, 6.07) is 13.7. The molecule has 1 N–H and O–H groups in total. The van der Waals surface area contributed by atoms with Crippen LogP contribution in [0, 0.1) is 0 Å². The molecular weight excluding hydrogens is 542 g/mol. The molecule has 0 radical (unpaired) electrons. The van der Waals surface area contributed by atoms with E-state index >= 15 is 0 Å². The molecule has 1 atom stereocenters. The zero-order valence-corrected chi connectivity index (χ0v) is 22.2. The van der Waals surface area contributed by atoms with Crippen molar-refractivity contribution in [3.8, 4) is 0 Å². The van der Waals surface area contributed by atoms with Crippen LogP contribution in [-0.2, 0) is 15.3 Å². The summed E-state index contributed by atoms with van der Waals surface area (Å²) in [4.78, 5) is 23.3. The number of halogens is 5. The molecule has 1 heterocycles. The third-order valence-electron chi connectivity index (χ3n) is 5.75. The Bertz CT molecular complexity index is 1410. The second-order valence-corrected chi connectivity index (χ2v) is 10.6. The Hall–Kier alpha value is -3.30. The van der Waals surface area contributed by atoms with Gasteiger partial charge < -0.3 is 15.0 Å². The molecule has 0 saturated carbocycles. The third-order valence-corrected chi connectivity index (χ3v) is 6.19. The molecule has 4 rings (SSSR count). The predicted molar refractivity (Wildman–Crippen MR) is 142 cm³/mol. The van der Waals surface area contributed by atoms with Crippen LogP contribution in [0.1, 0.15) is 48.7 Å². The van der Waals surface area contributed by atoms with Crippen molar-refractivity contribution in [3.63, 3.8) is 0 Å². The number of oxime groups is 2. The van der Waals surface area contributed by atoms with Crippen LogP contribution in [0.4, 0.5) is 13.2 Å². The lowest BCUT2D eigenvalue weighted by Crippen LogP contribution is -2.42. The predicted octanol–water partition coefficient (Wildman–Crippen LogP) is 7.26. The van der Waals surface area contributed by atoms with Crippen LogP contribution in [0.5, 0.6) is 0 Å². The number of fused-ring (bicyclic) bond motifs is 1. The summed E-state index contributed by atoms with van der Waals surface area (Å²) in [6.45, 7) is 5.67. The van der Waals surface area contributed by atoms with E-state index in [-0.39, 0.29) is 33.8 Å². The van der Waals surface area contributed by atoms with E-state index in [1.807, 2.05) is 20.8 Å². The van der Waals surface area contributed by atoms with E-state index in [0.29, 0.717) is 21.9 Å². The summed E-state index contributed by atoms with van der Waals surface area (Å²) in [7, 11) is 0. The molecule has 1 aliphatic rings. The molecule has 38 heavy (non-hydrogen) atoms. The van der Waals surface area contributed by atoms with Gasteiger partial charge in [0.25, 0.3) is 11.5 Å². The fraction of sp³-hybridized carbons (Fsp3) is 0.296. The van der Waals surface area contributed by atoms with Crippen LogP contribution in [0.25, 0.3) is 10.8 Å². The van der Waals surface area contributed by atoms with Gasteiger partial charge in [0, 0.05) is 33.2 Å². The first kappa shape index (κ1) is 27.7. The Morgan fingerprint density at radius 1 is 1.11 bits per heavy atom. The highest BCUT2D eigenvalue weighted by Gasteiger charge is 2.62. The molecule has 0 aromatic heterocycles. The Morgan fingerprint density at radius 2 is 1.76 bits per heavy atom. The maximum Gasteiger partial charge on any atom is 0.435 e. The fourth-order valence-corrected chi connectivity index (χ4v) is 4.58. The summed E-state index contributed by atoms with van der Waals surface area (Å²) in [5, 5.41) is 11.6. The SMILES string of the molecule is CC(C)(C)ON=CCNC(=O)c1ccc(C2=NOC(c3cc(Cl)cc(Cl)c3)(C(F)(F)F)C2)c2ccccc12. The molecule has 0 spiro atoms. The number of rotatable bonds is 6. The molecular formula is C27H24Cl2F3N3O3. The van der Waals surface area contributed by atoms with Crippen molar-refractivity contribution in [1.29, 1.82) is 0 Å². The Kier molecular flexibility index (Phi) is 7.63. The number of amides is 1. The minimum atomic E-state index is -4.82. The molecule has 11 heteroatoms. The van der Waals surface area contributed by atoms with Gasteiger partial charge in [-0.2, -0.15) is 13.2 Å². The molecule has 1 amide bonds. The van der Waals surface area contributed by atoms with Gasteiger partial charge in [-0.25, -0.2) is 0 Å². The fourth-order valence-electron chi connectivity index (χ4n) is 4.05. The normalized spacial score (nSPS) is 17.9. The van der Waals surface area contributed by atoms with Gasteiger partial charge in [0.15, 0.2) is 0 Å². The van der Waals surface area contributed by atoms with Gasteiger partial charge in [-0.3, -0.25) is 4.79 Å². The van der Waals surface area contributed by atoms with Crippen molar-refractivity contribution in [2.45, 2.75) is 44.6 Å². The summed E-state index contributed by atoms with van der Waals surface area (Å²) >= 11 is 12.0. The van der Waals surface area contributed by atoms with E-state index in [0.717, 1.165) is 0 Å². The lowest BCUT2D eigenvalue weighted by molar-refractivity contribution is -0.275. The minimum absolute atomic E-state index is 0.0454. The maximum atomic E-state index is 14.4. The topological polar surface area (TPSA) is 72.3 Å². The van der Waals surface area contributed by atoms with Gasteiger partial charge in [-0.1, -0.05) is 63.8 Å². The number of hydrogen-bond donors (Lipinski definition) is 1.